The van der Waals surface area contributed by atoms with Gasteiger partial charge in [-0.05, 0) is 82.1 Å². The third kappa shape index (κ3) is 6.61. The minimum atomic E-state index is -0.600. The number of benzene rings is 2. The van der Waals surface area contributed by atoms with Crippen LogP contribution >= 0.6 is 0 Å². The molecule has 0 radical (unpaired) electrons. The molecule has 1 fully saturated rings. The topological polar surface area (TPSA) is 102 Å². The standard InChI is InChI=1S/C31H37N3O5/c1-30(2,3)39-29(36)32-17-13-27(35)33-34-28-19-23(21-10-6-4-7-11-21)24-18-22-12-16-31(14-8-5-9-15-31)38-25(22)20-26(24)37-28/h4,6-7,10-11,18-20H,5,8-9,12-17H2,1-3H3,(H,32,36)(H,33,35)/b34-28-. The number of nitrogens with one attached hydrogen (secondary N) is 2. The van der Waals surface area contributed by atoms with Crippen LogP contribution in [0.4, 0.5) is 4.79 Å². The van der Waals surface area contributed by atoms with Crippen LogP contribution in [0.5, 0.6) is 5.75 Å². The lowest BCUT2D eigenvalue weighted by Crippen LogP contribution is -2.41. The zero-order valence-electron chi connectivity index (χ0n) is 23.0. The molecule has 0 saturated heterocycles. The van der Waals surface area contributed by atoms with Crippen LogP contribution in [0.2, 0.25) is 0 Å². The molecule has 1 saturated carbocycles. The highest BCUT2D eigenvalue weighted by atomic mass is 16.6. The second kappa shape index (κ2) is 11.1. The van der Waals surface area contributed by atoms with E-state index in [1.165, 1.54) is 24.8 Å². The van der Waals surface area contributed by atoms with Gasteiger partial charge in [0.15, 0.2) is 0 Å². The Balaban J connectivity index is 1.39. The van der Waals surface area contributed by atoms with Crippen molar-refractivity contribution in [3.05, 3.63) is 59.6 Å². The highest BCUT2D eigenvalue weighted by Crippen LogP contribution is 2.43. The maximum atomic E-state index is 12.4. The zero-order valence-corrected chi connectivity index (χ0v) is 23.0. The van der Waals surface area contributed by atoms with Gasteiger partial charge in [0.2, 0.25) is 11.5 Å². The van der Waals surface area contributed by atoms with Crippen molar-refractivity contribution in [3.8, 4) is 16.9 Å². The summed E-state index contributed by atoms with van der Waals surface area (Å²) in [6, 6.07) is 16.1. The highest BCUT2D eigenvalue weighted by Gasteiger charge is 2.37. The number of hydrogen-bond donors (Lipinski definition) is 2. The second-order valence-electron chi connectivity index (χ2n) is 11.5. The largest absolute Gasteiger partial charge is 0.487 e. The molecule has 0 bridgehead atoms. The molecule has 0 atom stereocenters. The van der Waals surface area contributed by atoms with Gasteiger partial charge >= 0.3 is 6.09 Å². The fraction of sp³-hybridized carbons (Fsp3) is 0.452. The van der Waals surface area contributed by atoms with Gasteiger partial charge in [-0.1, -0.05) is 36.8 Å². The van der Waals surface area contributed by atoms with Crippen molar-refractivity contribution in [1.82, 2.24) is 10.7 Å². The van der Waals surface area contributed by atoms with E-state index in [0.717, 1.165) is 47.9 Å². The first-order chi connectivity index (χ1) is 18.7. The molecule has 2 N–H and O–H groups in total. The maximum Gasteiger partial charge on any atom is 0.407 e. The third-order valence-corrected chi connectivity index (χ3v) is 7.27. The molecule has 2 aromatic carbocycles. The predicted molar refractivity (Wildman–Crippen MR) is 149 cm³/mol. The van der Waals surface area contributed by atoms with Crippen LogP contribution in [-0.2, 0) is 16.0 Å². The van der Waals surface area contributed by atoms with Crippen LogP contribution in [0, 0.1) is 0 Å². The summed E-state index contributed by atoms with van der Waals surface area (Å²) in [5.74, 6) is 0.531. The van der Waals surface area contributed by atoms with E-state index < -0.39 is 11.7 Å². The van der Waals surface area contributed by atoms with Crippen LogP contribution in [0.25, 0.3) is 22.1 Å². The SMILES string of the molecule is CC(C)(C)OC(=O)NCCC(=O)N/N=c1/cc(-c2ccccc2)c2cc3c(cc2o1)OC1(CCCCC1)CC3. The lowest BCUT2D eigenvalue weighted by Gasteiger charge is -2.41. The number of amides is 2. The minimum absolute atomic E-state index is 0.0469. The molecule has 206 valence electrons. The van der Waals surface area contributed by atoms with Gasteiger partial charge in [0.25, 0.3) is 0 Å². The van der Waals surface area contributed by atoms with Crippen molar-refractivity contribution in [1.29, 1.82) is 0 Å². The number of ether oxygens (including phenoxy) is 2. The van der Waals surface area contributed by atoms with Crippen LogP contribution in [0.15, 0.2) is 58.0 Å². The number of nitrogens with zero attached hydrogens (tertiary/aromatic N) is 1. The Labute approximate surface area is 228 Å². The molecule has 2 amide bonds. The summed E-state index contributed by atoms with van der Waals surface area (Å²) in [6.07, 6.45) is 7.41. The van der Waals surface area contributed by atoms with Crippen LogP contribution < -0.4 is 21.0 Å². The van der Waals surface area contributed by atoms with E-state index in [9.17, 15) is 9.59 Å². The summed E-state index contributed by atoms with van der Waals surface area (Å²) in [5.41, 5.74) is 6.00. The van der Waals surface area contributed by atoms with Gasteiger partial charge < -0.3 is 19.2 Å². The Morgan fingerprint density at radius 3 is 2.54 bits per heavy atom. The van der Waals surface area contributed by atoms with Crippen LogP contribution in [-0.4, -0.2) is 29.7 Å². The molecule has 3 aromatic rings. The van der Waals surface area contributed by atoms with E-state index in [2.05, 4.69) is 21.9 Å². The van der Waals surface area contributed by atoms with E-state index in [-0.39, 0.29) is 30.0 Å². The summed E-state index contributed by atoms with van der Waals surface area (Å²) < 4.78 is 18.0. The van der Waals surface area contributed by atoms with Crippen molar-refractivity contribution in [3.63, 3.8) is 0 Å². The summed E-state index contributed by atoms with van der Waals surface area (Å²) in [6.45, 7) is 5.48. The Morgan fingerprint density at radius 1 is 1.03 bits per heavy atom. The first-order valence-electron chi connectivity index (χ1n) is 13.8. The number of carbonyl (C=O) groups excluding carboxylic acids is 2. The van der Waals surface area contributed by atoms with Gasteiger partial charge in [-0.15, -0.1) is 5.10 Å². The summed E-state index contributed by atoms with van der Waals surface area (Å²) >= 11 is 0. The number of carbonyl (C=O) groups is 2. The molecule has 1 spiro atoms. The van der Waals surface area contributed by atoms with Crippen molar-refractivity contribution in [2.45, 2.75) is 83.3 Å². The number of hydrogen-bond acceptors (Lipinski definition) is 6. The normalized spacial score (nSPS) is 16.8. The highest BCUT2D eigenvalue weighted by molar-refractivity contribution is 5.94. The molecule has 1 aliphatic heterocycles. The Morgan fingerprint density at radius 2 is 1.79 bits per heavy atom. The van der Waals surface area contributed by atoms with E-state index in [0.29, 0.717) is 5.58 Å². The number of alkyl carbamates (subject to hydrolysis) is 1. The fourth-order valence-electron chi connectivity index (χ4n) is 5.41. The van der Waals surface area contributed by atoms with E-state index >= 15 is 0 Å². The van der Waals surface area contributed by atoms with Crippen molar-refractivity contribution < 1.29 is 23.5 Å². The monoisotopic (exact) mass is 531 g/mol. The van der Waals surface area contributed by atoms with Gasteiger partial charge in [0.05, 0.1) is 0 Å². The van der Waals surface area contributed by atoms with Crippen molar-refractivity contribution >= 4 is 23.0 Å². The summed E-state index contributed by atoms with van der Waals surface area (Å²) in [7, 11) is 0. The number of fused-ring (bicyclic) bond motifs is 2. The number of rotatable bonds is 5. The van der Waals surface area contributed by atoms with Gasteiger partial charge in [0.1, 0.15) is 22.5 Å². The average molecular weight is 532 g/mol. The quantitative estimate of drug-likeness (QED) is 0.395. The summed E-state index contributed by atoms with van der Waals surface area (Å²) in [5, 5.41) is 7.80. The van der Waals surface area contributed by atoms with Crippen molar-refractivity contribution in [2.75, 3.05) is 6.54 Å². The number of aryl methyl sites for hydroxylation is 1. The first kappa shape index (κ1) is 26.8. The van der Waals surface area contributed by atoms with Crippen LogP contribution in [0.3, 0.4) is 0 Å². The Hall–Kier alpha value is -3.81. The average Bonchev–Trinajstić information content (AvgIpc) is 2.90. The third-order valence-electron chi connectivity index (χ3n) is 7.27. The smallest absolute Gasteiger partial charge is 0.407 e. The molecular formula is C31H37N3O5. The molecular weight excluding hydrogens is 494 g/mol. The van der Waals surface area contributed by atoms with Crippen molar-refractivity contribution in [2.24, 2.45) is 5.10 Å². The van der Waals surface area contributed by atoms with Gasteiger partial charge in [-0.3, -0.25) is 4.79 Å². The lowest BCUT2D eigenvalue weighted by atomic mass is 9.79. The van der Waals surface area contributed by atoms with Gasteiger partial charge in [-0.25, -0.2) is 10.2 Å². The molecule has 2 heterocycles. The fourth-order valence-corrected chi connectivity index (χ4v) is 5.41. The lowest BCUT2D eigenvalue weighted by molar-refractivity contribution is -0.121. The van der Waals surface area contributed by atoms with E-state index in [4.69, 9.17) is 13.9 Å². The summed E-state index contributed by atoms with van der Waals surface area (Å²) in [4.78, 5) is 24.2. The van der Waals surface area contributed by atoms with Gasteiger partial charge in [0, 0.05) is 30.5 Å². The molecule has 8 heteroatoms. The van der Waals surface area contributed by atoms with Gasteiger partial charge in [-0.2, -0.15) is 0 Å². The molecule has 2 aliphatic rings. The zero-order chi connectivity index (χ0) is 27.5. The predicted octanol–water partition coefficient (Wildman–Crippen LogP) is 5.97. The molecule has 0 unspecified atom stereocenters. The Bertz CT molecular complexity index is 1420. The van der Waals surface area contributed by atoms with E-state index in [1.54, 1.807) is 20.8 Å². The molecule has 8 nitrogen and oxygen atoms in total. The first-order valence-corrected chi connectivity index (χ1v) is 13.8. The molecule has 1 aliphatic carbocycles. The second-order valence-corrected chi connectivity index (χ2v) is 11.5. The maximum absolute atomic E-state index is 12.4. The molecule has 1 aromatic heterocycles. The molecule has 5 rings (SSSR count). The molecule has 39 heavy (non-hydrogen) atoms. The van der Waals surface area contributed by atoms with Crippen LogP contribution in [0.1, 0.15) is 71.3 Å². The Kier molecular flexibility index (Phi) is 7.64. The minimum Gasteiger partial charge on any atom is -0.487 e. The van der Waals surface area contributed by atoms with E-state index in [1.807, 2.05) is 42.5 Å².